The van der Waals surface area contributed by atoms with Crippen LogP contribution < -0.4 is 4.74 Å². The SMILES string of the molecule is Fc1cccc(CCl)c1OCc1cn2ccsc2n1. The summed E-state index contributed by atoms with van der Waals surface area (Å²) in [5.74, 6) is 0.0128. The van der Waals surface area contributed by atoms with Gasteiger partial charge in [-0.1, -0.05) is 12.1 Å². The minimum absolute atomic E-state index is 0.203. The van der Waals surface area contributed by atoms with Crippen LogP contribution in [-0.2, 0) is 12.5 Å². The fourth-order valence-corrected chi connectivity index (χ4v) is 2.74. The van der Waals surface area contributed by atoms with Crippen LogP contribution in [0.1, 0.15) is 11.3 Å². The summed E-state index contributed by atoms with van der Waals surface area (Å²) in [4.78, 5) is 5.27. The second-order valence-corrected chi connectivity index (χ2v) is 5.12. The Morgan fingerprint density at radius 1 is 1.42 bits per heavy atom. The number of ether oxygens (including phenoxy) is 1. The van der Waals surface area contributed by atoms with Gasteiger partial charge in [0.05, 0.1) is 11.6 Å². The lowest BCUT2D eigenvalue weighted by Gasteiger charge is -2.09. The van der Waals surface area contributed by atoms with Gasteiger partial charge in [-0.3, -0.25) is 4.40 Å². The first-order valence-corrected chi connectivity index (χ1v) is 7.06. The summed E-state index contributed by atoms with van der Waals surface area (Å²) in [7, 11) is 0. The molecular weight excluding hydrogens is 287 g/mol. The largest absolute Gasteiger partial charge is 0.484 e. The Hall–Kier alpha value is -1.59. The number of nitrogens with zero attached hydrogens (tertiary/aromatic N) is 2. The highest BCUT2D eigenvalue weighted by molar-refractivity contribution is 7.15. The highest BCUT2D eigenvalue weighted by Crippen LogP contribution is 2.25. The summed E-state index contributed by atoms with van der Waals surface area (Å²) in [6.45, 7) is 0.221. The van der Waals surface area contributed by atoms with Crippen LogP contribution >= 0.6 is 22.9 Å². The molecule has 19 heavy (non-hydrogen) atoms. The fraction of sp³-hybridized carbons (Fsp3) is 0.154. The van der Waals surface area contributed by atoms with Crippen molar-refractivity contribution in [2.24, 2.45) is 0 Å². The summed E-state index contributed by atoms with van der Waals surface area (Å²) >= 11 is 7.31. The first-order chi connectivity index (χ1) is 9.28. The Labute approximate surface area is 118 Å². The van der Waals surface area contributed by atoms with E-state index in [0.29, 0.717) is 5.56 Å². The fourth-order valence-electron chi connectivity index (χ4n) is 1.81. The van der Waals surface area contributed by atoms with Gasteiger partial charge in [-0.25, -0.2) is 9.37 Å². The molecule has 3 aromatic rings. The molecule has 2 aromatic heterocycles. The third-order valence-electron chi connectivity index (χ3n) is 2.70. The maximum Gasteiger partial charge on any atom is 0.193 e. The lowest BCUT2D eigenvalue weighted by Crippen LogP contribution is -2.00. The van der Waals surface area contributed by atoms with Crippen molar-refractivity contribution in [2.45, 2.75) is 12.5 Å². The molecule has 0 aliphatic rings. The summed E-state index contributed by atoms with van der Waals surface area (Å²) in [5, 5.41) is 1.95. The third-order valence-corrected chi connectivity index (χ3v) is 3.76. The van der Waals surface area contributed by atoms with Crippen LogP contribution in [0, 0.1) is 5.82 Å². The zero-order chi connectivity index (χ0) is 13.2. The van der Waals surface area contributed by atoms with Gasteiger partial charge in [-0.05, 0) is 6.07 Å². The predicted molar refractivity (Wildman–Crippen MR) is 73.4 cm³/mol. The molecule has 0 saturated heterocycles. The summed E-state index contributed by atoms with van der Waals surface area (Å²) in [6.07, 6.45) is 3.79. The standard InChI is InChI=1S/C13H10ClFN2OS/c14-6-9-2-1-3-11(15)12(9)18-8-10-7-17-4-5-19-13(17)16-10/h1-5,7H,6,8H2. The lowest BCUT2D eigenvalue weighted by molar-refractivity contribution is 0.284. The normalized spacial score (nSPS) is 11.1. The van der Waals surface area contributed by atoms with E-state index < -0.39 is 5.82 Å². The molecule has 0 aliphatic heterocycles. The monoisotopic (exact) mass is 296 g/mol. The molecule has 0 fully saturated rings. The van der Waals surface area contributed by atoms with Crippen LogP contribution in [0.5, 0.6) is 5.75 Å². The lowest BCUT2D eigenvalue weighted by atomic mass is 10.2. The molecule has 3 nitrogen and oxygen atoms in total. The summed E-state index contributed by atoms with van der Waals surface area (Å²) < 4.78 is 21.1. The van der Waals surface area contributed by atoms with Crippen molar-refractivity contribution in [2.75, 3.05) is 0 Å². The first-order valence-electron chi connectivity index (χ1n) is 5.65. The molecule has 6 heteroatoms. The highest BCUT2D eigenvalue weighted by atomic mass is 35.5. The smallest absolute Gasteiger partial charge is 0.193 e. The number of aromatic nitrogens is 2. The number of imidazole rings is 1. The van der Waals surface area contributed by atoms with Crippen LogP contribution in [0.3, 0.4) is 0 Å². The van der Waals surface area contributed by atoms with Crippen LogP contribution in [0.4, 0.5) is 4.39 Å². The molecule has 0 spiro atoms. The van der Waals surface area contributed by atoms with Gasteiger partial charge in [0.25, 0.3) is 0 Å². The molecule has 1 aromatic carbocycles. The van der Waals surface area contributed by atoms with Gasteiger partial charge in [0.1, 0.15) is 6.61 Å². The maximum atomic E-state index is 13.7. The van der Waals surface area contributed by atoms with Crippen LogP contribution in [-0.4, -0.2) is 9.38 Å². The molecule has 3 rings (SSSR count). The van der Waals surface area contributed by atoms with Gasteiger partial charge in [0.2, 0.25) is 0 Å². The van der Waals surface area contributed by atoms with Gasteiger partial charge in [0.15, 0.2) is 16.5 Å². The Bertz CT molecular complexity index is 681. The van der Waals surface area contributed by atoms with Crippen molar-refractivity contribution < 1.29 is 9.13 Å². The molecule has 2 heterocycles. The Morgan fingerprint density at radius 3 is 3.11 bits per heavy atom. The quantitative estimate of drug-likeness (QED) is 0.684. The minimum Gasteiger partial charge on any atom is -0.484 e. The van der Waals surface area contributed by atoms with Crippen LogP contribution in [0.2, 0.25) is 0 Å². The molecule has 0 aliphatic carbocycles. The Kier molecular flexibility index (Phi) is 3.40. The molecule has 0 radical (unpaired) electrons. The number of para-hydroxylation sites is 1. The number of fused-ring (bicyclic) bond motifs is 1. The zero-order valence-electron chi connectivity index (χ0n) is 9.85. The molecular formula is C13H10ClFN2OS. The molecule has 98 valence electrons. The van der Waals surface area contributed by atoms with Gasteiger partial charge < -0.3 is 4.74 Å². The molecule has 0 atom stereocenters. The molecule has 0 N–H and O–H groups in total. The van der Waals surface area contributed by atoms with Crippen molar-refractivity contribution in [3.63, 3.8) is 0 Å². The van der Waals surface area contributed by atoms with Gasteiger partial charge in [-0.15, -0.1) is 22.9 Å². The van der Waals surface area contributed by atoms with Crippen LogP contribution in [0.25, 0.3) is 4.96 Å². The first kappa shape index (κ1) is 12.4. The Balaban J connectivity index is 1.80. The van der Waals surface area contributed by atoms with Crippen molar-refractivity contribution >= 4 is 27.9 Å². The average Bonchev–Trinajstić information content (AvgIpc) is 2.97. The maximum absolute atomic E-state index is 13.7. The van der Waals surface area contributed by atoms with E-state index in [1.54, 1.807) is 23.5 Å². The number of hydrogen-bond donors (Lipinski definition) is 0. The highest BCUT2D eigenvalue weighted by Gasteiger charge is 2.10. The van der Waals surface area contributed by atoms with Gasteiger partial charge in [-0.2, -0.15) is 0 Å². The van der Waals surface area contributed by atoms with Crippen molar-refractivity contribution in [3.8, 4) is 5.75 Å². The molecule has 0 saturated carbocycles. The molecule has 0 unspecified atom stereocenters. The summed E-state index contributed by atoms with van der Waals surface area (Å²) in [6, 6.07) is 4.72. The van der Waals surface area contributed by atoms with E-state index in [1.807, 2.05) is 22.2 Å². The number of thiazole rings is 1. The second-order valence-electron chi connectivity index (χ2n) is 3.98. The van der Waals surface area contributed by atoms with E-state index in [4.69, 9.17) is 16.3 Å². The number of hydrogen-bond acceptors (Lipinski definition) is 3. The van der Waals surface area contributed by atoms with Crippen molar-refractivity contribution in [3.05, 3.63) is 53.0 Å². The number of rotatable bonds is 4. The number of halogens is 2. The van der Waals surface area contributed by atoms with Gasteiger partial charge >= 0.3 is 0 Å². The topological polar surface area (TPSA) is 26.5 Å². The van der Waals surface area contributed by atoms with E-state index in [2.05, 4.69) is 4.98 Å². The Morgan fingerprint density at radius 2 is 2.32 bits per heavy atom. The van der Waals surface area contributed by atoms with Crippen LogP contribution in [0.15, 0.2) is 36.0 Å². The second kappa shape index (κ2) is 5.19. The number of alkyl halides is 1. The van der Waals surface area contributed by atoms with Crippen molar-refractivity contribution in [1.29, 1.82) is 0 Å². The van der Waals surface area contributed by atoms with E-state index in [-0.39, 0.29) is 18.2 Å². The van der Waals surface area contributed by atoms with Crippen molar-refractivity contribution in [1.82, 2.24) is 9.38 Å². The summed E-state index contributed by atoms with van der Waals surface area (Å²) in [5.41, 5.74) is 1.40. The predicted octanol–water partition coefficient (Wildman–Crippen LogP) is 3.85. The van der Waals surface area contributed by atoms with Gasteiger partial charge in [0, 0.05) is 23.3 Å². The zero-order valence-corrected chi connectivity index (χ0v) is 11.4. The van der Waals surface area contributed by atoms with E-state index in [1.165, 1.54) is 6.07 Å². The van der Waals surface area contributed by atoms with E-state index in [0.717, 1.165) is 10.7 Å². The molecule has 0 bridgehead atoms. The number of benzene rings is 1. The van der Waals surface area contributed by atoms with E-state index >= 15 is 0 Å². The third kappa shape index (κ3) is 2.43. The molecule has 0 amide bonds. The minimum atomic E-state index is -0.404. The average molecular weight is 297 g/mol. The van der Waals surface area contributed by atoms with E-state index in [9.17, 15) is 4.39 Å².